The van der Waals surface area contributed by atoms with Crippen molar-refractivity contribution in [1.82, 2.24) is 10.6 Å². The van der Waals surface area contributed by atoms with Crippen molar-refractivity contribution < 1.29 is 37.8 Å². The van der Waals surface area contributed by atoms with Crippen molar-refractivity contribution in [2.24, 2.45) is 5.92 Å². The van der Waals surface area contributed by atoms with Crippen LogP contribution in [0.5, 0.6) is 0 Å². The van der Waals surface area contributed by atoms with E-state index < -0.39 is 41.6 Å². The fourth-order valence-electron chi connectivity index (χ4n) is 2.63. The summed E-state index contributed by atoms with van der Waals surface area (Å²) in [5, 5.41) is 24.2. The molecule has 0 radical (unpaired) electrons. The number of hydrogen-bond donors (Lipinski definition) is 3. The Balaban J connectivity index is 2.52. The lowest BCUT2D eigenvalue weighted by atomic mass is 9.79. The van der Waals surface area contributed by atoms with E-state index in [0.29, 0.717) is 0 Å². The molecule has 0 aromatic heterocycles. The number of halogens is 3. The van der Waals surface area contributed by atoms with Crippen LogP contribution in [0.25, 0.3) is 0 Å². The lowest BCUT2D eigenvalue weighted by Crippen LogP contribution is -2.72. The molecule has 3 N–H and O–H groups in total. The highest BCUT2D eigenvalue weighted by Gasteiger charge is 2.65. The highest BCUT2D eigenvalue weighted by atomic mass is 19.4. The molecule has 0 unspecified atom stereocenters. The number of carboxylic acid groups (broad SMARTS) is 1. The summed E-state index contributed by atoms with van der Waals surface area (Å²) in [6.07, 6.45) is -5.30. The van der Waals surface area contributed by atoms with Crippen LogP contribution in [0.15, 0.2) is 24.3 Å². The molecule has 1 heterocycles. The number of ketones is 1. The molecule has 1 aliphatic rings. The maximum Gasteiger partial charge on any atom is 0.437 e. The van der Waals surface area contributed by atoms with Crippen molar-refractivity contribution in [1.29, 1.82) is 0 Å². The molecule has 0 bridgehead atoms. The number of amides is 2. The number of alkyl halides is 3. The van der Waals surface area contributed by atoms with Gasteiger partial charge in [0.15, 0.2) is 0 Å². The number of carbonyl (C=O) groups excluding carboxylic acids is 3. The van der Waals surface area contributed by atoms with Crippen LogP contribution < -0.4 is 15.7 Å². The monoisotopic (exact) mass is 345 g/mol. The van der Waals surface area contributed by atoms with E-state index in [1.807, 2.05) is 0 Å². The van der Waals surface area contributed by atoms with Gasteiger partial charge in [0.05, 0.1) is 17.9 Å². The number of benzene rings is 1. The number of aliphatic hydroxyl groups is 1. The van der Waals surface area contributed by atoms with E-state index in [2.05, 4.69) is 5.32 Å². The van der Waals surface area contributed by atoms with Crippen molar-refractivity contribution in [3.63, 3.8) is 0 Å². The third kappa shape index (κ3) is 2.92. The second kappa shape index (κ2) is 5.78. The van der Waals surface area contributed by atoms with Crippen molar-refractivity contribution >= 4 is 17.8 Å². The van der Waals surface area contributed by atoms with Gasteiger partial charge in [-0.15, -0.1) is 0 Å². The Morgan fingerprint density at radius 3 is 2.21 bits per heavy atom. The minimum absolute atomic E-state index is 0.0257. The Morgan fingerprint density at radius 2 is 1.79 bits per heavy atom. The van der Waals surface area contributed by atoms with Crippen molar-refractivity contribution in [3.8, 4) is 0 Å². The summed E-state index contributed by atoms with van der Waals surface area (Å²) in [6.45, 7) is 0.850. The summed E-state index contributed by atoms with van der Waals surface area (Å²) in [7, 11) is 0. The Bertz CT molecular complexity index is 689. The van der Waals surface area contributed by atoms with Crippen LogP contribution in [-0.4, -0.2) is 34.8 Å². The smallest absolute Gasteiger partial charge is 0.437 e. The molecule has 2 amide bonds. The average molecular weight is 345 g/mol. The molecule has 1 aromatic carbocycles. The van der Waals surface area contributed by atoms with Crippen LogP contribution >= 0.6 is 0 Å². The molecule has 0 aliphatic carbocycles. The second-order valence-corrected chi connectivity index (χ2v) is 5.34. The topological polar surface area (TPSA) is 119 Å². The first-order valence-electron chi connectivity index (χ1n) is 6.67. The highest BCUT2D eigenvalue weighted by Crippen LogP contribution is 2.42. The molecule has 1 fully saturated rings. The summed E-state index contributed by atoms with van der Waals surface area (Å²) >= 11 is 0. The zero-order chi connectivity index (χ0) is 18.3. The minimum atomic E-state index is -5.30. The first-order chi connectivity index (χ1) is 11.0. The normalized spacial score (nSPS) is 27.1. The number of rotatable bonds is 3. The van der Waals surface area contributed by atoms with E-state index in [9.17, 15) is 37.8 Å². The summed E-state index contributed by atoms with van der Waals surface area (Å²) in [5.74, 6) is -4.58. The quantitative estimate of drug-likeness (QED) is 0.705. The van der Waals surface area contributed by atoms with Crippen LogP contribution in [-0.2, 0) is 4.79 Å². The molecule has 2 rings (SSSR count). The SMILES string of the molecule is CC(=O)[C@@H]1[C@@H](c2ccc(C(=O)[O-])cc2)NC(=O)N[C@]1(O)C(F)(F)F. The van der Waals surface area contributed by atoms with E-state index in [1.165, 1.54) is 5.32 Å². The molecular weight excluding hydrogens is 333 g/mol. The number of nitrogens with one attached hydrogen (secondary N) is 2. The molecule has 1 aromatic rings. The predicted molar refractivity (Wildman–Crippen MR) is 70.4 cm³/mol. The van der Waals surface area contributed by atoms with Gasteiger partial charge in [0.2, 0.25) is 5.72 Å². The van der Waals surface area contributed by atoms with Gasteiger partial charge in [-0.3, -0.25) is 4.79 Å². The molecule has 0 spiro atoms. The molecule has 3 atom stereocenters. The van der Waals surface area contributed by atoms with Crippen LogP contribution in [0.2, 0.25) is 0 Å². The number of carboxylic acids is 1. The lowest BCUT2D eigenvalue weighted by Gasteiger charge is -2.44. The largest absolute Gasteiger partial charge is 0.545 e. The zero-order valence-corrected chi connectivity index (χ0v) is 12.2. The molecule has 1 aliphatic heterocycles. The summed E-state index contributed by atoms with van der Waals surface area (Å²) in [5.41, 5.74) is -3.96. The van der Waals surface area contributed by atoms with Gasteiger partial charge in [0, 0.05) is 0 Å². The summed E-state index contributed by atoms with van der Waals surface area (Å²) < 4.78 is 39.7. The maximum atomic E-state index is 13.2. The van der Waals surface area contributed by atoms with Crippen LogP contribution in [0.1, 0.15) is 28.9 Å². The Morgan fingerprint density at radius 1 is 1.25 bits per heavy atom. The van der Waals surface area contributed by atoms with Gasteiger partial charge >= 0.3 is 12.2 Å². The van der Waals surface area contributed by atoms with Crippen molar-refractivity contribution in [2.75, 3.05) is 0 Å². The zero-order valence-electron chi connectivity index (χ0n) is 12.2. The average Bonchev–Trinajstić information content (AvgIpc) is 2.44. The van der Waals surface area contributed by atoms with Crippen LogP contribution in [0.3, 0.4) is 0 Å². The standard InChI is InChI=1S/C14H13F3N2O5/c1-6(20)9-10(7-2-4-8(5-3-7)11(21)22)18-12(23)19-13(9,24)14(15,16)17/h2-5,9-10,24H,1H3,(H,21,22)(H2,18,19,23)/p-1/t9-,10-,13-/m1/s1. The van der Waals surface area contributed by atoms with E-state index >= 15 is 0 Å². The molecule has 0 saturated carbocycles. The summed E-state index contributed by atoms with van der Waals surface area (Å²) in [6, 6.07) is 1.56. The fourth-order valence-corrected chi connectivity index (χ4v) is 2.63. The van der Waals surface area contributed by atoms with Gasteiger partial charge in [-0.2, -0.15) is 13.2 Å². The lowest BCUT2D eigenvalue weighted by molar-refractivity contribution is -0.290. The van der Waals surface area contributed by atoms with Gasteiger partial charge in [-0.05, 0) is 18.1 Å². The Hall–Kier alpha value is -2.62. The van der Waals surface area contributed by atoms with Crippen molar-refractivity contribution in [2.45, 2.75) is 24.9 Å². The van der Waals surface area contributed by atoms with Crippen molar-refractivity contribution in [3.05, 3.63) is 35.4 Å². The van der Waals surface area contributed by atoms with Crippen LogP contribution in [0, 0.1) is 5.92 Å². The Labute approximate surface area is 133 Å². The first-order valence-corrected chi connectivity index (χ1v) is 6.67. The first kappa shape index (κ1) is 17.7. The minimum Gasteiger partial charge on any atom is -0.545 e. The maximum absolute atomic E-state index is 13.2. The van der Waals surface area contributed by atoms with E-state index in [0.717, 1.165) is 31.2 Å². The summed E-state index contributed by atoms with van der Waals surface area (Å²) in [4.78, 5) is 34.0. The molecule has 10 heteroatoms. The number of Topliss-reactive ketones (excluding diaryl/α,β-unsaturated/α-hetero) is 1. The van der Waals surface area contributed by atoms with Gasteiger partial charge in [0.25, 0.3) is 0 Å². The molecule has 7 nitrogen and oxygen atoms in total. The number of carbonyl (C=O) groups is 3. The molecule has 1 saturated heterocycles. The highest BCUT2D eigenvalue weighted by molar-refractivity contribution is 5.87. The fraction of sp³-hybridized carbons (Fsp3) is 0.357. The second-order valence-electron chi connectivity index (χ2n) is 5.34. The van der Waals surface area contributed by atoms with E-state index in [1.54, 1.807) is 0 Å². The van der Waals surface area contributed by atoms with E-state index in [4.69, 9.17) is 0 Å². The van der Waals surface area contributed by atoms with E-state index in [-0.39, 0.29) is 11.1 Å². The third-order valence-electron chi connectivity index (χ3n) is 3.75. The third-order valence-corrected chi connectivity index (χ3v) is 3.75. The van der Waals surface area contributed by atoms with Gasteiger partial charge < -0.3 is 25.6 Å². The number of urea groups is 1. The van der Waals surface area contributed by atoms with Gasteiger partial charge in [0.1, 0.15) is 5.78 Å². The van der Waals surface area contributed by atoms with Gasteiger partial charge in [-0.25, -0.2) is 4.79 Å². The number of aromatic carboxylic acids is 1. The molecule has 24 heavy (non-hydrogen) atoms. The van der Waals surface area contributed by atoms with Crippen LogP contribution in [0.4, 0.5) is 18.0 Å². The molecule has 130 valence electrons. The Kier molecular flexibility index (Phi) is 4.27. The molecular formula is C14H12F3N2O5-. The predicted octanol–water partition coefficient (Wildman–Crippen LogP) is -0.140. The number of hydrogen-bond acceptors (Lipinski definition) is 5. The van der Waals surface area contributed by atoms with Gasteiger partial charge in [-0.1, -0.05) is 24.3 Å².